The van der Waals surface area contributed by atoms with Crippen LogP contribution in [-0.4, -0.2) is 32.3 Å². The van der Waals surface area contributed by atoms with E-state index in [2.05, 4.69) is 15.7 Å². The number of nitrogens with zero attached hydrogens (tertiary/aromatic N) is 3. The van der Waals surface area contributed by atoms with Gasteiger partial charge in [-0.3, -0.25) is 25.1 Å². The van der Waals surface area contributed by atoms with Crippen molar-refractivity contribution in [2.45, 2.75) is 12.8 Å². The fourth-order valence-electron chi connectivity index (χ4n) is 4.23. The molecule has 2 heterocycles. The Kier molecular flexibility index (Phi) is 4.94. The molecule has 2 N–H and O–H groups in total. The van der Waals surface area contributed by atoms with Crippen molar-refractivity contribution in [2.24, 2.45) is 18.9 Å². The van der Waals surface area contributed by atoms with Crippen molar-refractivity contribution in [3.63, 3.8) is 0 Å². The molecule has 3 aromatic rings. The lowest BCUT2D eigenvalue weighted by Gasteiger charge is -2.17. The molecule has 0 spiro atoms. The number of benzene rings is 2. The topological polar surface area (TPSA) is 96.3 Å². The number of allylic oxidation sites excluding steroid dienone is 2. The molecule has 162 valence electrons. The third kappa shape index (κ3) is 3.42. The van der Waals surface area contributed by atoms with Gasteiger partial charge in [0.05, 0.1) is 28.6 Å². The minimum Gasteiger partial charge on any atom is -0.313 e. The standard InChI is InChI=1S/C23H20ClN5O3/c1-28-19-10-9-14(24)12-18(19)25-23(28)26-20(30)13-5-4-6-15(11-13)27-29-21(31)16-7-2-3-8-17(16)22(29)32/h2-6,9-12,16-17,27H,7-8H2,1H3,(H,25,26,30)/t16-,17-/m0/s1. The van der Waals surface area contributed by atoms with Crippen molar-refractivity contribution in [2.75, 3.05) is 10.7 Å². The molecule has 1 aliphatic carbocycles. The van der Waals surface area contributed by atoms with E-state index in [9.17, 15) is 14.4 Å². The van der Waals surface area contributed by atoms with E-state index in [-0.39, 0.29) is 29.6 Å². The predicted octanol–water partition coefficient (Wildman–Crippen LogP) is 3.76. The van der Waals surface area contributed by atoms with E-state index < -0.39 is 0 Å². The van der Waals surface area contributed by atoms with Crippen LogP contribution in [0.2, 0.25) is 5.02 Å². The van der Waals surface area contributed by atoms with Gasteiger partial charge >= 0.3 is 0 Å². The third-order valence-electron chi connectivity index (χ3n) is 5.94. The number of aryl methyl sites for hydroxylation is 1. The van der Waals surface area contributed by atoms with Gasteiger partial charge in [0.25, 0.3) is 17.7 Å². The van der Waals surface area contributed by atoms with Crippen LogP contribution in [0.25, 0.3) is 11.0 Å². The van der Waals surface area contributed by atoms with Gasteiger partial charge in [-0.05, 0) is 49.2 Å². The number of anilines is 2. The highest BCUT2D eigenvalue weighted by Crippen LogP contribution is 2.35. The molecule has 3 amide bonds. The summed E-state index contributed by atoms with van der Waals surface area (Å²) in [4.78, 5) is 42.6. The largest absolute Gasteiger partial charge is 0.313 e. The molecule has 0 bridgehead atoms. The Morgan fingerprint density at radius 3 is 2.50 bits per heavy atom. The van der Waals surface area contributed by atoms with Gasteiger partial charge in [-0.15, -0.1) is 0 Å². The van der Waals surface area contributed by atoms with Crippen molar-refractivity contribution >= 4 is 52.0 Å². The Bertz CT molecular complexity index is 1270. The number of hydrogen-bond donors (Lipinski definition) is 2. The summed E-state index contributed by atoms with van der Waals surface area (Å²) in [6, 6.07) is 12.0. The number of carbonyl (C=O) groups is 3. The second kappa shape index (κ2) is 7.80. The monoisotopic (exact) mass is 449 g/mol. The SMILES string of the molecule is Cn1c(NC(=O)c2cccc(NN3C(=O)[C@H]4CC=CC[C@@H]4C3=O)c2)nc2cc(Cl)ccc21. The molecule has 5 rings (SSSR count). The summed E-state index contributed by atoms with van der Waals surface area (Å²) in [5.41, 5.74) is 5.23. The van der Waals surface area contributed by atoms with Crippen LogP contribution >= 0.6 is 11.6 Å². The number of hydrazine groups is 1. The van der Waals surface area contributed by atoms with E-state index in [4.69, 9.17) is 11.6 Å². The molecular weight excluding hydrogens is 430 g/mol. The summed E-state index contributed by atoms with van der Waals surface area (Å²) in [6.45, 7) is 0. The summed E-state index contributed by atoms with van der Waals surface area (Å²) in [6.07, 6.45) is 5.02. The number of carbonyl (C=O) groups excluding carboxylic acids is 3. The lowest BCUT2D eigenvalue weighted by atomic mass is 9.85. The fourth-order valence-corrected chi connectivity index (χ4v) is 4.39. The summed E-state index contributed by atoms with van der Waals surface area (Å²) in [5, 5.41) is 4.44. The molecule has 0 saturated carbocycles. The normalized spacial score (nSPS) is 20.0. The number of fused-ring (bicyclic) bond motifs is 2. The molecule has 9 heteroatoms. The van der Waals surface area contributed by atoms with E-state index in [1.165, 1.54) is 0 Å². The zero-order valence-electron chi connectivity index (χ0n) is 17.2. The van der Waals surface area contributed by atoms with Crippen LogP contribution in [0.4, 0.5) is 11.6 Å². The molecular formula is C23H20ClN5O3. The fraction of sp³-hybridized carbons (Fsp3) is 0.217. The molecule has 8 nitrogen and oxygen atoms in total. The average Bonchev–Trinajstić information content (AvgIpc) is 3.22. The zero-order valence-corrected chi connectivity index (χ0v) is 18.0. The maximum Gasteiger partial charge on any atom is 0.258 e. The van der Waals surface area contributed by atoms with Gasteiger partial charge in [0.1, 0.15) is 0 Å². The van der Waals surface area contributed by atoms with Crippen molar-refractivity contribution in [3.05, 3.63) is 65.2 Å². The Balaban J connectivity index is 1.34. The first-order valence-electron chi connectivity index (χ1n) is 10.3. The van der Waals surface area contributed by atoms with Gasteiger partial charge in [-0.1, -0.05) is 29.8 Å². The van der Waals surface area contributed by atoms with E-state index in [1.54, 1.807) is 48.0 Å². The van der Waals surface area contributed by atoms with Crippen LogP contribution in [0, 0.1) is 11.8 Å². The third-order valence-corrected chi connectivity index (χ3v) is 6.18. The zero-order chi connectivity index (χ0) is 22.4. The van der Waals surface area contributed by atoms with Crippen LogP contribution in [0.3, 0.4) is 0 Å². The van der Waals surface area contributed by atoms with Crippen LogP contribution in [0.15, 0.2) is 54.6 Å². The Morgan fingerprint density at radius 1 is 1.06 bits per heavy atom. The van der Waals surface area contributed by atoms with Gasteiger partial charge < -0.3 is 4.57 Å². The highest BCUT2D eigenvalue weighted by molar-refractivity contribution is 6.31. The highest BCUT2D eigenvalue weighted by Gasteiger charge is 2.47. The maximum atomic E-state index is 12.9. The van der Waals surface area contributed by atoms with Crippen molar-refractivity contribution in [1.82, 2.24) is 14.6 Å². The molecule has 1 fully saturated rings. The molecule has 2 aliphatic rings. The van der Waals surface area contributed by atoms with E-state index in [1.807, 2.05) is 18.2 Å². The first-order valence-corrected chi connectivity index (χ1v) is 10.6. The van der Waals surface area contributed by atoms with Crippen molar-refractivity contribution in [1.29, 1.82) is 0 Å². The quantitative estimate of drug-likeness (QED) is 0.467. The lowest BCUT2D eigenvalue weighted by Crippen LogP contribution is -2.36. The molecule has 2 atom stereocenters. The van der Waals surface area contributed by atoms with Crippen LogP contribution < -0.4 is 10.7 Å². The van der Waals surface area contributed by atoms with Gasteiger partial charge in [-0.25, -0.2) is 4.98 Å². The number of amides is 3. The first kappa shape index (κ1) is 20.3. The van der Waals surface area contributed by atoms with Crippen LogP contribution in [0.1, 0.15) is 23.2 Å². The number of imide groups is 1. The van der Waals surface area contributed by atoms with Crippen molar-refractivity contribution < 1.29 is 14.4 Å². The van der Waals surface area contributed by atoms with E-state index in [0.29, 0.717) is 40.6 Å². The number of aromatic nitrogens is 2. The van der Waals surface area contributed by atoms with Crippen LogP contribution in [-0.2, 0) is 16.6 Å². The van der Waals surface area contributed by atoms with E-state index >= 15 is 0 Å². The molecule has 1 aliphatic heterocycles. The van der Waals surface area contributed by atoms with Gasteiger partial charge in [-0.2, -0.15) is 5.01 Å². The van der Waals surface area contributed by atoms with Gasteiger partial charge in [0.15, 0.2) is 0 Å². The van der Waals surface area contributed by atoms with Crippen molar-refractivity contribution in [3.8, 4) is 0 Å². The summed E-state index contributed by atoms with van der Waals surface area (Å²) in [5.74, 6) is -1.10. The van der Waals surface area contributed by atoms with Gasteiger partial charge in [0.2, 0.25) is 5.95 Å². The summed E-state index contributed by atoms with van der Waals surface area (Å²) in [7, 11) is 1.80. The molecule has 0 unspecified atom stereocenters. The van der Waals surface area contributed by atoms with Crippen LogP contribution in [0.5, 0.6) is 0 Å². The Morgan fingerprint density at radius 2 is 1.78 bits per heavy atom. The molecule has 0 radical (unpaired) electrons. The van der Waals surface area contributed by atoms with E-state index in [0.717, 1.165) is 10.5 Å². The Hall–Kier alpha value is -3.65. The maximum absolute atomic E-state index is 12.9. The number of nitrogens with one attached hydrogen (secondary N) is 2. The molecule has 1 aromatic heterocycles. The predicted molar refractivity (Wildman–Crippen MR) is 121 cm³/mol. The molecule has 2 aromatic carbocycles. The minimum atomic E-state index is -0.366. The number of halogens is 1. The summed E-state index contributed by atoms with van der Waals surface area (Å²) < 4.78 is 1.77. The first-order chi connectivity index (χ1) is 15.4. The Labute approximate surface area is 188 Å². The second-order valence-corrected chi connectivity index (χ2v) is 8.38. The summed E-state index contributed by atoms with van der Waals surface area (Å²) >= 11 is 6.03. The molecule has 1 saturated heterocycles. The van der Waals surface area contributed by atoms with Gasteiger partial charge in [0, 0.05) is 17.6 Å². The minimum absolute atomic E-state index is 0.238. The lowest BCUT2D eigenvalue weighted by molar-refractivity contribution is -0.138. The number of imidazole rings is 1. The second-order valence-electron chi connectivity index (χ2n) is 7.94. The number of rotatable bonds is 4. The smallest absolute Gasteiger partial charge is 0.258 e. The highest BCUT2D eigenvalue weighted by atomic mass is 35.5. The number of hydrogen-bond acceptors (Lipinski definition) is 5. The molecule has 32 heavy (non-hydrogen) atoms. The average molecular weight is 450 g/mol.